The number of anilines is 1. The second-order valence-corrected chi connectivity index (χ2v) is 8.96. The Morgan fingerprint density at radius 1 is 1.21 bits per heavy atom. The van der Waals surface area contributed by atoms with Crippen LogP contribution >= 0.6 is 0 Å². The second-order valence-electron chi connectivity index (χ2n) is 8.96. The lowest BCUT2D eigenvalue weighted by atomic mass is 9.99. The summed E-state index contributed by atoms with van der Waals surface area (Å²) in [5, 5.41) is 13.3. The number of benzene rings is 2. The molecule has 0 bridgehead atoms. The van der Waals surface area contributed by atoms with Crippen LogP contribution < -0.4 is 10.2 Å². The Hall–Kier alpha value is -3.65. The van der Waals surface area contributed by atoms with Gasteiger partial charge in [-0.25, -0.2) is 9.37 Å². The Bertz CT molecular complexity index is 1380. The number of rotatable bonds is 4. The summed E-state index contributed by atoms with van der Waals surface area (Å²) in [4.78, 5) is 20.3. The van der Waals surface area contributed by atoms with Gasteiger partial charge in [0.05, 0.1) is 17.8 Å². The largest absolute Gasteiger partial charge is 0.315 e. The second kappa shape index (κ2) is 8.95. The summed E-state index contributed by atoms with van der Waals surface area (Å²) in [6, 6.07) is 10.6. The number of halogens is 1. The van der Waals surface area contributed by atoms with Gasteiger partial charge in [-0.3, -0.25) is 14.4 Å². The van der Waals surface area contributed by atoms with E-state index >= 15 is 4.39 Å². The Morgan fingerprint density at radius 3 is 2.76 bits per heavy atom. The van der Waals surface area contributed by atoms with Crippen LogP contribution in [0.15, 0.2) is 48.8 Å². The zero-order chi connectivity index (χ0) is 23.8. The minimum atomic E-state index is -0.588. The van der Waals surface area contributed by atoms with Gasteiger partial charge in [-0.15, -0.1) is 5.10 Å². The van der Waals surface area contributed by atoms with Crippen LogP contribution in [0.1, 0.15) is 34.3 Å². The highest BCUT2D eigenvalue weighted by Crippen LogP contribution is 2.33. The van der Waals surface area contributed by atoms with Crippen molar-refractivity contribution >= 4 is 22.5 Å². The van der Waals surface area contributed by atoms with Crippen molar-refractivity contribution in [3.8, 4) is 11.3 Å². The molecule has 1 atom stereocenters. The average Bonchev–Trinajstić information content (AvgIpc) is 3.26. The van der Waals surface area contributed by atoms with E-state index in [9.17, 15) is 4.79 Å². The lowest BCUT2D eigenvalue weighted by Crippen LogP contribution is -2.49. The van der Waals surface area contributed by atoms with E-state index in [0.29, 0.717) is 23.6 Å². The fraction of sp³-hybridized carbons (Fsp3) is 0.308. The molecular formula is C26H27FN6O. The molecule has 1 N–H and O–H groups in total. The molecule has 1 fully saturated rings. The predicted octanol–water partition coefficient (Wildman–Crippen LogP) is 4.19. The summed E-state index contributed by atoms with van der Waals surface area (Å²) in [6.45, 7) is 5.61. The highest BCUT2D eigenvalue weighted by Gasteiger charge is 2.31. The van der Waals surface area contributed by atoms with Crippen LogP contribution in [0.4, 0.5) is 10.2 Å². The van der Waals surface area contributed by atoms with Gasteiger partial charge in [0.2, 0.25) is 0 Å². The topological polar surface area (TPSA) is 75.9 Å². The first-order valence-electron chi connectivity index (χ1n) is 11.5. The van der Waals surface area contributed by atoms with E-state index in [4.69, 9.17) is 0 Å². The third-order valence-corrected chi connectivity index (χ3v) is 6.37. The van der Waals surface area contributed by atoms with Gasteiger partial charge in [0.25, 0.3) is 5.91 Å². The van der Waals surface area contributed by atoms with Crippen LogP contribution in [-0.4, -0.2) is 45.0 Å². The fourth-order valence-corrected chi connectivity index (χ4v) is 4.82. The molecule has 0 saturated carbocycles. The number of aromatic nitrogens is 4. The molecule has 4 aromatic rings. The summed E-state index contributed by atoms with van der Waals surface area (Å²) in [5.41, 5.74) is 3.32. The summed E-state index contributed by atoms with van der Waals surface area (Å²) >= 11 is 0. The first-order chi connectivity index (χ1) is 16.4. The number of carbonyl (C=O) groups excluding carboxylic acids is 1. The van der Waals surface area contributed by atoms with Gasteiger partial charge < -0.3 is 5.32 Å². The van der Waals surface area contributed by atoms with E-state index < -0.39 is 11.7 Å². The van der Waals surface area contributed by atoms with Crippen molar-refractivity contribution in [1.29, 1.82) is 0 Å². The predicted molar refractivity (Wildman–Crippen MR) is 130 cm³/mol. The standard InChI is InChI=1S/C26H27FN6O/c1-16-11-17(2)24-19(12-16)8-10-29-25(24)33(20-5-4-9-28-14-20)26(34)21-7-6-18(13-22(21)27)23-15-32(3)31-30-23/h6-8,10-13,15,20,28H,4-5,9,14H2,1-3H3/t20-/m1/s1. The van der Waals surface area contributed by atoms with Crippen LogP contribution in [0.2, 0.25) is 0 Å². The zero-order valence-electron chi connectivity index (χ0n) is 19.5. The zero-order valence-corrected chi connectivity index (χ0v) is 19.5. The van der Waals surface area contributed by atoms with E-state index in [2.05, 4.69) is 39.7 Å². The number of piperidine rings is 1. The summed E-state index contributed by atoms with van der Waals surface area (Å²) in [7, 11) is 1.75. The minimum Gasteiger partial charge on any atom is -0.315 e. The monoisotopic (exact) mass is 458 g/mol. The molecule has 0 unspecified atom stereocenters. The Kier molecular flexibility index (Phi) is 5.83. The van der Waals surface area contributed by atoms with E-state index in [1.54, 1.807) is 35.1 Å². The first-order valence-corrected chi connectivity index (χ1v) is 11.5. The van der Waals surface area contributed by atoms with E-state index in [0.717, 1.165) is 41.3 Å². The quantitative estimate of drug-likeness (QED) is 0.496. The summed E-state index contributed by atoms with van der Waals surface area (Å²) in [6.07, 6.45) is 5.19. The number of hydrogen-bond acceptors (Lipinski definition) is 5. The Morgan fingerprint density at radius 2 is 2.06 bits per heavy atom. The molecule has 0 spiro atoms. The molecule has 0 radical (unpaired) electrons. The number of nitrogens with one attached hydrogen (secondary N) is 1. The number of carbonyl (C=O) groups is 1. The molecule has 1 saturated heterocycles. The third kappa shape index (κ3) is 4.05. The molecule has 34 heavy (non-hydrogen) atoms. The van der Waals surface area contributed by atoms with Gasteiger partial charge in [0.1, 0.15) is 17.3 Å². The first kappa shape index (κ1) is 22.2. The molecular weight excluding hydrogens is 431 g/mol. The van der Waals surface area contributed by atoms with Crippen LogP contribution in [0.25, 0.3) is 22.0 Å². The van der Waals surface area contributed by atoms with Gasteiger partial charge in [-0.05, 0) is 62.4 Å². The summed E-state index contributed by atoms with van der Waals surface area (Å²) in [5.74, 6) is -0.405. The molecule has 2 aromatic carbocycles. The Labute approximate surface area is 197 Å². The highest BCUT2D eigenvalue weighted by molar-refractivity contribution is 6.11. The Balaban J connectivity index is 1.61. The van der Waals surface area contributed by atoms with Crippen molar-refractivity contribution < 1.29 is 9.18 Å². The number of pyridine rings is 1. The molecule has 1 aliphatic heterocycles. The van der Waals surface area contributed by atoms with Crippen molar-refractivity contribution in [3.05, 3.63) is 71.3 Å². The maximum atomic E-state index is 15.3. The average molecular weight is 459 g/mol. The molecule has 2 aromatic heterocycles. The van der Waals surface area contributed by atoms with Crippen molar-refractivity contribution in [1.82, 2.24) is 25.3 Å². The van der Waals surface area contributed by atoms with Gasteiger partial charge in [-0.1, -0.05) is 29.0 Å². The normalized spacial score (nSPS) is 16.1. The number of fused-ring (bicyclic) bond motifs is 1. The molecule has 7 nitrogen and oxygen atoms in total. The fourth-order valence-electron chi connectivity index (χ4n) is 4.82. The van der Waals surface area contributed by atoms with Crippen molar-refractivity contribution in [2.75, 3.05) is 18.0 Å². The molecule has 1 aliphatic rings. The van der Waals surface area contributed by atoms with Crippen molar-refractivity contribution in [2.24, 2.45) is 7.05 Å². The van der Waals surface area contributed by atoms with Crippen LogP contribution in [-0.2, 0) is 7.05 Å². The third-order valence-electron chi connectivity index (χ3n) is 6.37. The molecule has 0 aliphatic carbocycles. The van der Waals surface area contributed by atoms with Crippen LogP contribution in [0.3, 0.4) is 0 Å². The van der Waals surface area contributed by atoms with Gasteiger partial charge in [0, 0.05) is 30.7 Å². The lowest BCUT2D eigenvalue weighted by molar-refractivity contribution is 0.0968. The SMILES string of the molecule is Cc1cc(C)c2c(N(C(=O)c3ccc(-c4cn(C)nn4)cc3F)[C@@H]3CCCNC3)nccc2c1. The molecule has 5 rings (SSSR count). The maximum Gasteiger partial charge on any atom is 0.262 e. The van der Waals surface area contributed by atoms with E-state index in [-0.39, 0.29) is 11.6 Å². The molecule has 174 valence electrons. The van der Waals surface area contributed by atoms with Gasteiger partial charge in [-0.2, -0.15) is 0 Å². The smallest absolute Gasteiger partial charge is 0.262 e. The molecule has 1 amide bonds. The van der Waals surface area contributed by atoms with E-state index in [1.807, 2.05) is 13.0 Å². The lowest BCUT2D eigenvalue weighted by Gasteiger charge is -2.35. The number of aryl methyl sites for hydroxylation is 3. The highest BCUT2D eigenvalue weighted by atomic mass is 19.1. The van der Waals surface area contributed by atoms with Crippen LogP contribution in [0.5, 0.6) is 0 Å². The van der Waals surface area contributed by atoms with Crippen LogP contribution in [0, 0.1) is 19.7 Å². The number of amides is 1. The van der Waals surface area contributed by atoms with Crippen molar-refractivity contribution in [3.63, 3.8) is 0 Å². The van der Waals surface area contributed by atoms with Gasteiger partial charge in [0.15, 0.2) is 0 Å². The maximum absolute atomic E-state index is 15.3. The van der Waals surface area contributed by atoms with Gasteiger partial charge >= 0.3 is 0 Å². The minimum absolute atomic E-state index is 0.0155. The number of nitrogens with zero attached hydrogens (tertiary/aromatic N) is 5. The molecule has 8 heteroatoms. The van der Waals surface area contributed by atoms with Crippen molar-refractivity contribution in [2.45, 2.75) is 32.7 Å². The van der Waals surface area contributed by atoms with E-state index in [1.165, 1.54) is 12.1 Å². The summed E-state index contributed by atoms with van der Waals surface area (Å²) < 4.78 is 16.9. The number of hydrogen-bond donors (Lipinski definition) is 1. The molecule has 3 heterocycles.